The zero-order valence-corrected chi connectivity index (χ0v) is 24.3. The van der Waals surface area contributed by atoms with E-state index in [0.29, 0.717) is 22.7 Å². The molecule has 2 unspecified atom stereocenters. The average molecular weight is 618 g/mol. The number of benzene rings is 2. The van der Waals surface area contributed by atoms with E-state index < -0.39 is 35.7 Å². The number of hydrogen-bond acceptors (Lipinski definition) is 9. The van der Waals surface area contributed by atoms with Gasteiger partial charge in [0.15, 0.2) is 0 Å². The first-order valence-electron chi connectivity index (χ1n) is 14.6. The lowest BCUT2D eigenvalue weighted by molar-refractivity contribution is -0.136. The summed E-state index contributed by atoms with van der Waals surface area (Å²) >= 11 is 0. The van der Waals surface area contributed by atoms with E-state index >= 15 is 0 Å². The Morgan fingerprint density at radius 1 is 1.02 bits per heavy atom. The van der Waals surface area contributed by atoms with Crippen LogP contribution in [0.2, 0.25) is 0 Å². The molecule has 1 saturated heterocycles. The zero-order valence-electron chi connectivity index (χ0n) is 24.3. The second kappa shape index (κ2) is 11.8. The SMILES string of the molecule is O=C1CCC(N2C(=O)c3cccc(NCc4ccn(CC(=O)NC(c5cccnc5)c5cc6ccccc6o5)n4)c3C2=O)C(=O)N1. The topological polar surface area (TPSA) is 169 Å². The molecule has 46 heavy (non-hydrogen) atoms. The smallest absolute Gasteiger partial charge is 0.264 e. The molecule has 7 rings (SSSR count). The van der Waals surface area contributed by atoms with Gasteiger partial charge in [-0.3, -0.25) is 43.9 Å². The Morgan fingerprint density at radius 2 is 1.89 bits per heavy atom. The second-order valence-corrected chi connectivity index (χ2v) is 11.0. The van der Waals surface area contributed by atoms with Crippen molar-refractivity contribution in [1.29, 1.82) is 0 Å². The lowest BCUT2D eigenvalue weighted by atomic mass is 10.0. The van der Waals surface area contributed by atoms with Crippen LogP contribution >= 0.6 is 0 Å². The molecule has 3 N–H and O–H groups in total. The van der Waals surface area contributed by atoms with Crippen molar-refractivity contribution in [2.24, 2.45) is 0 Å². The number of anilines is 1. The molecule has 0 radical (unpaired) electrons. The number of furan rings is 1. The Labute approximate surface area is 261 Å². The molecule has 5 aromatic rings. The van der Waals surface area contributed by atoms with Crippen molar-refractivity contribution in [3.8, 4) is 0 Å². The van der Waals surface area contributed by atoms with E-state index in [2.05, 4.69) is 26.0 Å². The lowest BCUT2D eigenvalue weighted by Gasteiger charge is -2.27. The fourth-order valence-electron chi connectivity index (χ4n) is 5.80. The van der Waals surface area contributed by atoms with Crippen molar-refractivity contribution >= 4 is 46.2 Å². The van der Waals surface area contributed by atoms with Crippen molar-refractivity contribution in [2.75, 3.05) is 5.32 Å². The molecule has 0 saturated carbocycles. The highest BCUT2D eigenvalue weighted by Gasteiger charge is 2.45. The van der Waals surface area contributed by atoms with Crippen LogP contribution in [-0.2, 0) is 27.5 Å². The van der Waals surface area contributed by atoms with Gasteiger partial charge in [-0.05, 0) is 42.8 Å². The first-order chi connectivity index (χ1) is 22.4. The third kappa shape index (κ3) is 5.38. The number of aromatic nitrogens is 3. The first-order valence-corrected chi connectivity index (χ1v) is 14.6. The fraction of sp³-hybridized carbons (Fsp3) is 0.182. The van der Waals surface area contributed by atoms with Gasteiger partial charge in [-0.15, -0.1) is 0 Å². The number of rotatable bonds is 9. The van der Waals surface area contributed by atoms with Crippen LogP contribution in [0.15, 0.2) is 89.7 Å². The van der Waals surface area contributed by atoms with E-state index in [0.717, 1.165) is 15.8 Å². The summed E-state index contributed by atoms with van der Waals surface area (Å²) in [7, 11) is 0. The molecular formula is C33H27N7O6. The quantitative estimate of drug-likeness (QED) is 0.211. The molecule has 2 aliphatic rings. The Kier molecular flexibility index (Phi) is 7.33. The number of nitrogens with one attached hydrogen (secondary N) is 3. The van der Waals surface area contributed by atoms with Crippen LogP contribution in [0.4, 0.5) is 5.69 Å². The van der Waals surface area contributed by atoms with Crippen LogP contribution in [0.5, 0.6) is 0 Å². The maximum absolute atomic E-state index is 13.4. The van der Waals surface area contributed by atoms with E-state index in [1.54, 1.807) is 42.9 Å². The predicted octanol–water partition coefficient (Wildman–Crippen LogP) is 2.94. The molecule has 0 spiro atoms. The Bertz CT molecular complexity index is 1980. The largest absolute Gasteiger partial charge is 0.459 e. The van der Waals surface area contributed by atoms with Gasteiger partial charge >= 0.3 is 0 Å². The third-order valence-corrected chi connectivity index (χ3v) is 7.98. The molecule has 0 aliphatic carbocycles. The highest BCUT2D eigenvalue weighted by molar-refractivity contribution is 6.25. The van der Waals surface area contributed by atoms with E-state index in [4.69, 9.17) is 4.42 Å². The normalized spacial score (nSPS) is 16.8. The number of para-hydroxylation sites is 1. The molecular weight excluding hydrogens is 590 g/mol. The van der Waals surface area contributed by atoms with Gasteiger partial charge in [0.2, 0.25) is 17.7 Å². The zero-order chi connectivity index (χ0) is 31.8. The fourth-order valence-corrected chi connectivity index (χ4v) is 5.80. The Morgan fingerprint density at radius 3 is 2.70 bits per heavy atom. The third-order valence-electron chi connectivity index (χ3n) is 7.98. The maximum Gasteiger partial charge on any atom is 0.264 e. The number of amides is 5. The van der Waals surface area contributed by atoms with Crippen LogP contribution < -0.4 is 16.0 Å². The highest BCUT2D eigenvalue weighted by Crippen LogP contribution is 2.33. The standard InChI is InChI=1S/C33H27N7O6/c41-27-11-10-24(31(43)37-27)40-32(44)22-7-3-8-23(29(22)33(40)45)35-17-21-12-14-39(38-21)18-28(42)36-30(20-6-4-13-34-16-20)26-15-19-5-1-2-9-25(19)46-26/h1-9,12-16,24,30,35H,10-11,17-18H2,(H,36,42)(H,37,41,43). The average Bonchev–Trinajstić information content (AvgIpc) is 3.76. The first kappa shape index (κ1) is 28.6. The number of carbonyl (C=O) groups is 5. The minimum atomic E-state index is -1.05. The molecule has 2 aromatic carbocycles. The van der Waals surface area contributed by atoms with Crippen LogP contribution in [0.3, 0.4) is 0 Å². The van der Waals surface area contributed by atoms with Crippen molar-refractivity contribution in [1.82, 2.24) is 30.3 Å². The number of hydrogen-bond donors (Lipinski definition) is 3. The van der Waals surface area contributed by atoms with Gasteiger partial charge in [0, 0.05) is 41.6 Å². The molecule has 0 bridgehead atoms. The molecule has 2 aliphatic heterocycles. The molecule has 13 nitrogen and oxygen atoms in total. The summed E-state index contributed by atoms with van der Waals surface area (Å²) in [5.41, 5.74) is 2.80. The Hall–Kier alpha value is -6.11. The summed E-state index contributed by atoms with van der Waals surface area (Å²) < 4.78 is 7.56. The van der Waals surface area contributed by atoms with Gasteiger partial charge in [-0.1, -0.05) is 30.3 Å². The van der Waals surface area contributed by atoms with E-state index in [1.165, 1.54) is 10.7 Å². The van der Waals surface area contributed by atoms with Gasteiger partial charge < -0.3 is 15.1 Å². The summed E-state index contributed by atoms with van der Waals surface area (Å²) in [6.45, 7) is 0.133. The summed E-state index contributed by atoms with van der Waals surface area (Å²) in [6, 6.07) is 18.1. The summed E-state index contributed by atoms with van der Waals surface area (Å²) in [6.07, 6.45) is 5.13. The van der Waals surface area contributed by atoms with Crippen molar-refractivity contribution < 1.29 is 28.4 Å². The van der Waals surface area contributed by atoms with Crippen molar-refractivity contribution in [3.05, 3.63) is 113 Å². The number of imide groups is 2. The van der Waals surface area contributed by atoms with Crippen molar-refractivity contribution in [3.63, 3.8) is 0 Å². The lowest BCUT2D eigenvalue weighted by Crippen LogP contribution is -2.54. The number of piperidine rings is 1. The molecule has 1 fully saturated rings. The van der Waals surface area contributed by atoms with E-state index in [1.807, 2.05) is 36.4 Å². The van der Waals surface area contributed by atoms with Crippen LogP contribution in [-0.4, -0.2) is 55.2 Å². The summed E-state index contributed by atoms with van der Waals surface area (Å²) in [5, 5.41) is 13.8. The number of nitrogens with zero attached hydrogens (tertiary/aromatic N) is 4. The number of pyridine rings is 1. The highest BCUT2D eigenvalue weighted by atomic mass is 16.3. The monoisotopic (exact) mass is 617 g/mol. The van der Waals surface area contributed by atoms with Gasteiger partial charge in [0.05, 0.1) is 23.4 Å². The number of fused-ring (bicyclic) bond motifs is 2. The minimum absolute atomic E-state index is 0.0413. The molecule has 230 valence electrons. The van der Waals surface area contributed by atoms with Gasteiger partial charge in [-0.25, -0.2) is 0 Å². The molecule has 5 heterocycles. The van der Waals surface area contributed by atoms with E-state index in [-0.39, 0.29) is 43.0 Å². The van der Waals surface area contributed by atoms with Crippen LogP contribution in [0.1, 0.15) is 56.6 Å². The van der Waals surface area contributed by atoms with Gasteiger partial charge in [0.25, 0.3) is 11.8 Å². The Balaban J connectivity index is 1.03. The molecule has 2 atom stereocenters. The summed E-state index contributed by atoms with van der Waals surface area (Å²) in [5.74, 6) is -2.01. The van der Waals surface area contributed by atoms with Gasteiger partial charge in [0.1, 0.15) is 30.0 Å². The summed E-state index contributed by atoms with van der Waals surface area (Å²) in [4.78, 5) is 68.8. The second-order valence-electron chi connectivity index (χ2n) is 11.0. The van der Waals surface area contributed by atoms with Crippen LogP contribution in [0, 0.1) is 0 Å². The minimum Gasteiger partial charge on any atom is -0.459 e. The molecule has 3 aromatic heterocycles. The van der Waals surface area contributed by atoms with Gasteiger partial charge in [-0.2, -0.15) is 5.10 Å². The molecule has 5 amide bonds. The van der Waals surface area contributed by atoms with Crippen LogP contribution in [0.25, 0.3) is 11.0 Å². The number of carbonyl (C=O) groups excluding carboxylic acids is 5. The molecule has 13 heteroatoms. The van der Waals surface area contributed by atoms with Crippen molar-refractivity contribution in [2.45, 2.75) is 38.0 Å². The predicted molar refractivity (Wildman–Crippen MR) is 163 cm³/mol. The van der Waals surface area contributed by atoms with E-state index in [9.17, 15) is 24.0 Å². The maximum atomic E-state index is 13.4.